The molecule has 6 heteroatoms. The Hall–Kier alpha value is -2.08. The van der Waals surface area contributed by atoms with Gasteiger partial charge in [0.05, 0.1) is 9.40 Å². The van der Waals surface area contributed by atoms with Gasteiger partial charge in [0.15, 0.2) is 0 Å². The predicted molar refractivity (Wildman–Crippen MR) is 72.2 cm³/mol. The normalized spacial score (nSPS) is 10.1. The number of hydrogen-bond acceptors (Lipinski definition) is 4. The van der Waals surface area contributed by atoms with E-state index < -0.39 is 4.92 Å². The smallest absolute Gasteiger partial charge is 0.283 e. The fraction of sp³-hybridized carbons (Fsp3) is 0. The van der Waals surface area contributed by atoms with E-state index in [4.69, 9.17) is 5.11 Å². The molecule has 0 unspecified atom stereocenters. The van der Waals surface area contributed by atoms with Gasteiger partial charge in [0.25, 0.3) is 5.69 Å². The van der Waals surface area contributed by atoms with Gasteiger partial charge in [-0.15, -0.1) is 0 Å². The summed E-state index contributed by atoms with van der Waals surface area (Å²) in [6, 6.07) is 11.2. The van der Waals surface area contributed by atoms with E-state index in [1.807, 2.05) is 0 Å². The lowest BCUT2D eigenvalue weighted by Gasteiger charge is -2.07. The van der Waals surface area contributed by atoms with Crippen LogP contribution in [0.3, 0.4) is 0 Å². The van der Waals surface area contributed by atoms with Gasteiger partial charge >= 0.3 is 0 Å². The number of aromatic hydroxyl groups is 1. The molecule has 0 aliphatic rings. The third kappa shape index (κ3) is 2.78. The number of phenolic OH excluding ortho intramolecular Hbond substituents is 1. The van der Waals surface area contributed by atoms with Crippen molar-refractivity contribution < 1.29 is 10.0 Å². The minimum atomic E-state index is -0.450. The Balaban J connectivity index is 2.22. The van der Waals surface area contributed by atoms with Crippen LogP contribution in [0.25, 0.3) is 0 Å². The first-order chi connectivity index (χ1) is 8.56. The lowest BCUT2D eigenvalue weighted by atomic mass is 10.2. The van der Waals surface area contributed by atoms with Crippen LogP contribution in [0.1, 0.15) is 0 Å². The molecule has 0 radical (unpaired) electrons. The molecule has 0 aromatic heterocycles. The number of nitro groups is 1. The van der Waals surface area contributed by atoms with E-state index in [1.54, 1.807) is 36.4 Å². The fourth-order valence-electron chi connectivity index (χ4n) is 1.44. The van der Waals surface area contributed by atoms with Crippen LogP contribution in [-0.2, 0) is 0 Å². The molecular weight excluding hydrogens is 300 g/mol. The highest BCUT2D eigenvalue weighted by molar-refractivity contribution is 9.10. The fourth-order valence-corrected chi connectivity index (χ4v) is 1.97. The summed E-state index contributed by atoms with van der Waals surface area (Å²) in [6.45, 7) is 0. The van der Waals surface area contributed by atoms with Crippen molar-refractivity contribution in [2.75, 3.05) is 5.32 Å². The Morgan fingerprint density at radius 1 is 1.11 bits per heavy atom. The van der Waals surface area contributed by atoms with Gasteiger partial charge in [-0.05, 0) is 52.3 Å². The topological polar surface area (TPSA) is 75.4 Å². The summed E-state index contributed by atoms with van der Waals surface area (Å²) in [6.07, 6.45) is 0. The van der Waals surface area contributed by atoms with Crippen molar-refractivity contribution in [1.29, 1.82) is 0 Å². The maximum atomic E-state index is 10.7. The average molecular weight is 309 g/mol. The van der Waals surface area contributed by atoms with Gasteiger partial charge < -0.3 is 10.4 Å². The second-order valence-corrected chi connectivity index (χ2v) is 4.45. The molecule has 0 spiro atoms. The Bertz CT molecular complexity index is 584. The SMILES string of the molecule is O=[N+]([O-])c1ccc(Nc2ccc(O)cc2)cc1Br. The molecule has 0 aliphatic heterocycles. The van der Waals surface area contributed by atoms with Crippen LogP contribution in [-0.4, -0.2) is 10.0 Å². The van der Waals surface area contributed by atoms with Gasteiger partial charge in [0.2, 0.25) is 0 Å². The predicted octanol–water partition coefficient (Wildman–Crippen LogP) is 3.81. The van der Waals surface area contributed by atoms with Gasteiger partial charge in [-0.1, -0.05) is 0 Å². The highest BCUT2D eigenvalue weighted by Gasteiger charge is 2.11. The number of nitrogens with one attached hydrogen (secondary N) is 1. The van der Waals surface area contributed by atoms with Crippen LogP contribution in [0.5, 0.6) is 5.75 Å². The van der Waals surface area contributed by atoms with Crippen molar-refractivity contribution in [3.8, 4) is 5.75 Å². The van der Waals surface area contributed by atoms with Gasteiger partial charge in [-0.3, -0.25) is 10.1 Å². The first-order valence-electron chi connectivity index (χ1n) is 5.06. The molecule has 0 bridgehead atoms. The molecule has 92 valence electrons. The van der Waals surface area contributed by atoms with Crippen LogP contribution >= 0.6 is 15.9 Å². The molecular formula is C12H9BrN2O3. The van der Waals surface area contributed by atoms with Crippen LogP contribution in [0, 0.1) is 10.1 Å². The van der Waals surface area contributed by atoms with Crippen molar-refractivity contribution in [3.05, 3.63) is 57.1 Å². The zero-order valence-corrected chi connectivity index (χ0v) is 10.7. The van der Waals surface area contributed by atoms with Crippen LogP contribution in [0.4, 0.5) is 17.1 Å². The van der Waals surface area contributed by atoms with Crippen LogP contribution in [0.15, 0.2) is 46.9 Å². The van der Waals surface area contributed by atoms with Crippen molar-refractivity contribution >= 4 is 33.0 Å². The molecule has 2 aromatic carbocycles. The molecule has 0 saturated heterocycles. The van der Waals surface area contributed by atoms with Gasteiger partial charge in [-0.2, -0.15) is 0 Å². The first-order valence-corrected chi connectivity index (χ1v) is 5.85. The molecule has 0 saturated carbocycles. The average Bonchev–Trinajstić information content (AvgIpc) is 2.32. The summed E-state index contributed by atoms with van der Waals surface area (Å²) in [7, 11) is 0. The lowest BCUT2D eigenvalue weighted by molar-refractivity contribution is -0.385. The van der Waals surface area contributed by atoms with Gasteiger partial charge in [0.1, 0.15) is 5.75 Å². The maximum Gasteiger partial charge on any atom is 0.283 e. The molecule has 0 atom stereocenters. The molecule has 0 aliphatic carbocycles. The number of phenols is 1. The second kappa shape index (κ2) is 5.05. The van der Waals surface area contributed by atoms with E-state index in [-0.39, 0.29) is 11.4 Å². The van der Waals surface area contributed by atoms with Crippen molar-refractivity contribution in [2.45, 2.75) is 0 Å². The Morgan fingerprint density at radius 3 is 2.28 bits per heavy atom. The third-order valence-corrected chi connectivity index (χ3v) is 2.94. The summed E-state index contributed by atoms with van der Waals surface area (Å²) < 4.78 is 0.413. The summed E-state index contributed by atoms with van der Waals surface area (Å²) in [5, 5.41) is 22.9. The Kier molecular flexibility index (Phi) is 3.47. The van der Waals surface area contributed by atoms with Gasteiger partial charge in [-0.25, -0.2) is 0 Å². The number of hydrogen-bond donors (Lipinski definition) is 2. The molecule has 2 aromatic rings. The first kappa shape index (κ1) is 12.4. The molecule has 0 heterocycles. The second-order valence-electron chi connectivity index (χ2n) is 3.60. The Labute approximate surface area is 111 Å². The number of nitrogens with zero attached hydrogens (tertiary/aromatic N) is 1. The minimum absolute atomic E-state index is 0.0197. The number of halogens is 1. The lowest BCUT2D eigenvalue weighted by Crippen LogP contribution is -1.93. The summed E-state index contributed by atoms with van der Waals surface area (Å²) in [4.78, 5) is 10.2. The molecule has 0 fully saturated rings. The van der Waals surface area contributed by atoms with E-state index in [9.17, 15) is 10.1 Å². The van der Waals surface area contributed by atoms with E-state index in [2.05, 4.69) is 21.2 Å². The minimum Gasteiger partial charge on any atom is -0.508 e. The highest BCUT2D eigenvalue weighted by atomic mass is 79.9. The highest BCUT2D eigenvalue weighted by Crippen LogP contribution is 2.29. The third-order valence-electron chi connectivity index (χ3n) is 2.30. The maximum absolute atomic E-state index is 10.7. The van der Waals surface area contributed by atoms with E-state index in [0.29, 0.717) is 4.47 Å². The molecule has 2 N–H and O–H groups in total. The number of nitro benzene ring substituents is 1. The molecule has 18 heavy (non-hydrogen) atoms. The monoisotopic (exact) mass is 308 g/mol. The number of rotatable bonds is 3. The summed E-state index contributed by atoms with van der Waals surface area (Å²) >= 11 is 3.15. The van der Waals surface area contributed by atoms with E-state index in [1.165, 1.54) is 6.07 Å². The molecule has 5 nitrogen and oxygen atoms in total. The Morgan fingerprint density at radius 2 is 1.72 bits per heavy atom. The zero-order valence-electron chi connectivity index (χ0n) is 9.13. The van der Waals surface area contributed by atoms with Crippen molar-refractivity contribution in [2.24, 2.45) is 0 Å². The quantitative estimate of drug-likeness (QED) is 0.513. The van der Waals surface area contributed by atoms with E-state index >= 15 is 0 Å². The van der Waals surface area contributed by atoms with E-state index in [0.717, 1.165) is 11.4 Å². The van der Waals surface area contributed by atoms with Gasteiger partial charge in [0, 0.05) is 17.4 Å². The van der Waals surface area contributed by atoms with Crippen LogP contribution < -0.4 is 5.32 Å². The largest absolute Gasteiger partial charge is 0.508 e. The summed E-state index contributed by atoms with van der Waals surface area (Å²) in [5.74, 6) is 0.186. The molecule has 0 amide bonds. The summed E-state index contributed by atoms with van der Waals surface area (Å²) in [5.41, 5.74) is 1.53. The zero-order chi connectivity index (χ0) is 13.1. The van der Waals surface area contributed by atoms with Crippen LogP contribution in [0.2, 0.25) is 0 Å². The molecule has 2 rings (SSSR count). The van der Waals surface area contributed by atoms with Crippen molar-refractivity contribution in [1.82, 2.24) is 0 Å². The van der Waals surface area contributed by atoms with Crippen molar-refractivity contribution in [3.63, 3.8) is 0 Å². The standard InChI is InChI=1S/C12H9BrN2O3/c13-11-7-9(3-6-12(11)15(17)18)14-8-1-4-10(16)5-2-8/h1-7,14,16H. The number of anilines is 2. The number of benzene rings is 2.